The van der Waals surface area contributed by atoms with Crippen LogP contribution in [0.1, 0.15) is 22.3 Å². The van der Waals surface area contributed by atoms with E-state index in [1.54, 1.807) is 53.4 Å². The Bertz CT molecular complexity index is 817. The largest absolute Gasteiger partial charge is 0.325 e. The topological polar surface area (TPSA) is 57.7 Å². The summed E-state index contributed by atoms with van der Waals surface area (Å²) in [5.41, 5.74) is 1.58. The minimum Gasteiger partial charge on any atom is -0.325 e. The lowest BCUT2D eigenvalue weighted by Gasteiger charge is -2.34. The maximum Gasteiger partial charge on any atom is 0.254 e. The lowest BCUT2D eigenvalue weighted by Crippen LogP contribution is -2.49. The molecule has 2 aromatic carbocycles. The molecule has 24 heavy (non-hydrogen) atoms. The molecule has 0 aliphatic carbocycles. The highest BCUT2D eigenvalue weighted by atomic mass is 32.2. The van der Waals surface area contributed by atoms with E-state index in [9.17, 15) is 13.2 Å². The van der Waals surface area contributed by atoms with Gasteiger partial charge < -0.3 is 4.90 Å². The molecular formula is C18H20N2O3S. The van der Waals surface area contributed by atoms with Gasteiger partial charge in [-0.15, -0.1) is 0 Å². The van der Waals surface area contributed by atoms with Crippen LogP contribution in [-0.2, 0) is 10.0 Å². The molecule has 1 saturated heterocycles. The summed E-state index contributed by atoms with van der Waals surface area (Å²) in [6.07, 6.45) is 0.629. The summed E-state index contributed by atoms with van der Waals surface area (Å²) in [5.74, 6) is -0.139. The summed E-state index contributed by atoms with van der Waals surface area (Å²) < 4.78 is 27.0. The van der Waals surface area contributed by atoms with Crippen LogP contribution in [0.3, 0.4) is 0 Å². The number of benzene rings is 2. The quantitative estimate of drug-likeness (QED) is 0.859. The van der Waals surface area contributed by atoms with Crippen LogP contribution in [0.2, 0.25) is 0 Å². The van der Waals surface area contributed by atoms with Gasteiger partial charge in [-0.05, 0) is 37.6 Å². The number of sulfonamides is 1. The molecule has 0 aromatic heterocycles. The Morgan fingerprint density at radius 2 is 1.62 bits per heavy atom. The predicted octanol–water partition coefficient (Wildman–Crippen LogP) is 2.49. The molecule has 0 atom stereocenters. The molecule has 1 heterocycles. The first-order chi connectivity index (χ1) is 11.5. The zero-order valence-corrected chi connectivity index (χ0v) is 14.4. The van der Waals surface area contributed by atoms with Gasteiger partial charge in [-0.1, -0.05) is 35.9 Å². The van der Waals surface area contributed by atoms with Gasteiger partial charge >= 0.3 is 0 Å². The SMILES string of the molecule is Cc1ccc(S(=O)(=O)N2CCCN(C(=O)c3ccccc3)C2)cc1. The van der Waals surface area contributed by atoms with Gasteiger partial charge in [-0.25, -0.2) is 8.42 Å². The molecule has 1 aliphatic heterocycles. The van der Waals surface area contributed by atoms with E-state index < -0.39 is 10.0 Å². The zero-order chi connectivity index (χ0) is 17.2. The van der Waals surface area contributed by atoms with Gasteiger partial charge in [0.1, 0.15) is 0 Å². The van der Waals surface area contributed by atoms with Crippen LogP contribution < -0.4 is 0 Å². The van der Waals surface area contributed by atoms with Gasteiger partial charge in [0.05, 0.1) is 11.6 Å². The highest BCUT2D eigenvalue weighted by Crippen LogP contribution is 2.20. The fourth-order valence-electron chi connectivity index (χ4n) is 2.75. The first kappa shape index (κ1) is 16.7. The standard InChI is InChI=1S/C18H20N2O3S/c1-15-8-10-17(11-9-15)24(22,23)20-13-5-12-19(14-20)18(21)16-6-3-2-4-7-16/h2-4,6-11H,5,12-14H2,1H3. The maximum atomic E-state index is 12.8. The van der Waals surface area contributed by atoms with Crippen molar-refractivity contribution < 1.29 is 13.2 Å². The molecule has 5 nitrogen and oxygen atoms in total. The van der Waals surface area contributed by atoms with Crippen LogP contribution in [0.5, 0.6) is 0 Å². The molecule has 0 bridgehead atoms. The van der Waals surface area contributed by atoms with Crippen molar-refractivity contribution >= 4 is 15.9 Å². The van der Waals surface area contributed by atoms with E-state index >= 15 is 0 Å². The van der Waals surface area contributed by atoms with Crippen molar-refractivity contribution in [3.8, 4) is 0 Å². The second kappa shape index (κ2) is 6.75. The molecule has 1 amide bonds. The first-order valence-corrected chi connectivity index (χ1v) is 9.33. The fraction of sp³-hybridized carbons (Fsp3) is 0.278. The van der Waals surface area contributed by atoms with E-state index in [0.29, 0.717) is 25.1 Å². The van der Waals surface area contributed by atoms with Crippen molar-refractivity contribution in [2.75, 3.05) is 19.8 Å². The molecule has 3 rings (SSSR count). The number of hydrogen-bond donors (Lipinski definition) is 0. The Balaban J connectivity index is 1.80. The maximum absolute atomic E-state index is 12.8. The van der Waals surface area contributed by atoms with E-state index in [1.807, 2.05) is 13.0 Å². The van der Waals surface area contributed by atoms with Gasteiger partial charge in [-0.2, -0.15) is 4.31 Å². The normalized spacial score (nSPS) is 16.1. The van der Waals surface area contributed by atoms with E-state index in [1.165, 1.54) is 4.31 Å². The minimum absolute atomic E-state index is 0.0872. The fourth-order valence-corrected chi connectivity index (χ4v) is 4.19. The number of carbonyl (C=O) groups is 1. The van der Waals surface area contributed by atoms with Gasteiger partial charge in [0.2, 0.25) is 10.0 Å². The van der Waals surface area contributed by atoms with Crippen LogP contribution in [0.4, 0.5) is 0 Å². The molecule has 6 heteroatoms. The zero-order valence-electron chi connectivity index (χ0n) is 13.6. The highest BCUT2D eigenvalue weighted by molar-refractivity contribution is 7.89. The Hall–Kier alpha value is -2.18. The van der Waals surface area contributed by atoms with Crippen molar-refractivity contribution in [1.82, 2.24) is 9.21 Å². The average Bonchev–Trinajstić information content (AvgIpc) is 2.62. The van der Waals surface area contributed by atoms with E-state index in [4.69, 9.17) is 0 Å². The van der Waals surface area contributed by atoms with Gasteiger partial charge in [0.25, 0.3) is 5.91 Å². The van der Waals surface area contributed by atoms with Crippen molar-refractivity contribution in [3.05, 3.63) is 65.7 Å². The number of aryl methyl sites for hydroxylation is 1. The highest BCUT2D eigenvalue weighted by Gasteiger charge is 2.31. The average molecular weight is 344 g/mol. The first-order valence-electron chi connectivity index (χ1n) is 7.89. The third-order valence-corrected chi connectivity index (χ3v) is 5.98. The van der Waals surface area contributed by atoms with E-state index in [0.717, 1.165) is 5.56 Å². The summed E-state index contributed by atoms with van der Waals surface area (Å²) >= 11 is 0. The van der Waals surface area contributed by atoms with Crippen LogP contribution in [0.25, 0.3) is 0 Å². The number of nitrogens with zero attached hydrogens (tertiary/aromatic N) is 2. The number of rotatable bonds is 3. The molecule has 126 valence electrons. The summed E-state index contributed by atoms with van der Waals surface area (Å²) in [6.45, 7) is 2.99. The Morgan fingerprint density at radius 3 is 2.29 bits per heavy atom. The van der Waals surface area contributed by atoms with Crippen molar-refractivity contribution in [1.29, 1.82) is 0 Å². The lowest BCUT2D eigenvalue weighted by atomic mass is 10.2. The molecule has 0 spiro atoms. The van der Waals surface area contributed by atoms with Crippen molar-refractivity contribution in [2.24, 2.45) is 0 Å². The van der Waals surface area contributed by atoms with Crippen LogP contribution in [0, 0.1) is 6.92 Å². The molecule has 1 aliphatic rings. The number of hydrogen-bond acceptors (Lipinski definition) is 3. The summed E-state index contributed by atoms with van der Waals surface area (Å²) in [6, 6.07) is 15.7. The van der Waals surface area contributed by atoms with Crippen molar-refractivity contribution in [3.63, 3.8) is 0 Å². The summed E-state index contributed by atoms with van der Waals surface area (Å²) in [7, 11) is -3.59. The smallest absolute Gasteiger partial charge is 0.254 e. The predicted molar refractivity (Wildman–Crippen MR) is 92.0 cm³/mol. The molecule has 0 N–H and O–H groups in total. The lowest BCUT2D eigenvalue weighted by molar-refractivity contribution is 0.0634. The van der Waals surface area contributed by atoms with Crippen LogP contribution >= 0.6 is 0 Å². The summed E-state index contributed by atoms with van der Waals surface area (Å²) in [4.78, 5) is 14.4. The molecule has 2 aromatic rings. The van der Waals surface area contributed by atoms with Gasteiger partial charge in [0.15, 0.2) is 0 Å². The molecular weight excluding hydrogens is 324 g/mol. The van der Waals surface area contributed by atoms with Gasteiger partial charge in [-0.3, -0.25) is 4.79 Å². The van der Waals surface area contributed by atoms with Gasteiger partial charge in [0, 0.05) is 18.7 Å². The Kier molecular flexibility index (Phi) is 4.69. The number of carbonyl (C=O) groups excluding carboxylic acids is 1. The number of amides is 1. The second-order valence-electron chi connectivity index (χ2n) is 5.92. The van der Waals surface area contributed by atoms with Crippen LogP contribution in [-0.4, -0.2) is 43.3 Å². The minimum atomic E-state index is -3.59. The third kappa shape index (κ3) is 3.34. The Morgan fingerprint density at radius 1 is 0.958 bits per heavy atom. The van der Waals surface area contributed by atoms with Crippen molar-refractivity contribution in [2.45, 2.75) is 18.2 Å². The summed E-state index contributed by atoms with van der Waals surface area (Å²) in [5, 5.41) is 0. The Labute approximate surface area is 142 Å². The monoisotopic (exact) mass is 344 g/mol. The molecule has 0 unspecified atom stereocenters. The molecule has 0 radical (unpaired) electrons. The third-order valence-electron chi connectivity index (χ3n) is 4.13. The van der Waals surface area contributed by atoms with Crippen LogP contribution in [0.15, 0.2) is 59.5 Å². The molecule has 1 fully saturated rings. The molecule has 0 saturated carbocycles. The van der Waals surface area contributed by atoms with E-state index in [2.05, 4.69) is 0 Å². The second-order valence-corrected chi connectivity index (χ2v) is 7.86. The van der Waals surface area contributed by atoms with E-state index in [-0.39, 0.29) is 17.5 Å².